The first kappa shape index (κ1) is 13.2. The Bertz CT molecular complexity index is 582. The van der Waals surface area contributed by atoms with Crippen molar-refractivity contribution in [2.45, 2.75) is 10.1 Å². The number of nitrogens with zero attached hydrogens (tertiary/aromatic N) is 2. The number of ether oxygens (including phenoxy) is 1. The van der Waals surface area contributed by atoms with Crippen molar-refractivity contribution in [1.29, 1.82) is 0 Å². The molecule has 0 spiro atoms. The molecule has 0 radical (unpaired) electrons. The Balaban J connectivity index is 2.10. The van der Waals surface area contributed by atoms with Crippen LogP contribution in [-0.4, -0.2) is 29.3 Å². The molecule has 2 rings (SSSR count). The highest BCUT2D eigenvalue weighted by molar-refractivity contribution is 7.99. The lowest BCUT2D eigenvalue weighted by Crippen LogP contribution is -2.00. The molecule has 0 fully saturated rings. The minimum absolute atomic E-state index is 0.372. The van der Waals surface area contributed by atoms with Crippen LogP contribution in [0.4, 0.5) is 0 Å². The van der Waals surface area contributed by atoms with Crippen molar-refractivity contribution in [3.63, 3.8) is 0 Å². The largest absolute Gasteiger partial charge is 0.465 e. The second-order valence-corrected chi connectivity index (χ2v) is 4.58. The fourth-order valence-corrected chi connectivity index (χ4v) is 2.02. The van der Waals surface area contributed by atoms with Crippen LogP contribution in [0.25, 0.3) is 0 Å². The molecule has 0 aliphatic rings. The maximum atomic E-state index is 11.3. The van der Waals surface area contributed by atoms with Gasteiger partial charge in [0.15, 0.2) is 11.4 Å². The zero-order chi connectivity index (χ0) is 13.7. The molecule has 1 aromatic carbocycles. The molecule has 19 heavy (non-hydrogen) atoms. The molecule has 1 aromatic heterocycles. The van der Waals surface area contributed by atoms with E-state index in [1.165, 1.54) is 31.3 Å². The fraction of sp³-hybridized carbons (Fsp3) is 0.0769. The van der Waals surface area contributed by atoms with Gasteiger partial charge in [0, 0.05) is 17.3 Å². The SMILES string of the molecule is COC(=O)c1ccc(Sc2ncc(C=O)cn2)cc1. The molecular weight excluding hydrogens is 264 g/mol. The van der Waals surface area contributed by atoms with Crippen molar-refractivity contribution >= 4 is 24.0 Å². The topological polar surface area (TPSA) is 69.2 Å². The van der Waals surface area contributed by atoms with Gasteiger partial charge in [0.2, 0.25) is 0 Å². The average molecular weight is 274 g/mol. The lowest BCUT2D eigenvalue weighted by atomic mass is 10.2. The van der Waals surface area contributed by atoms with Crippen LogP contribution in [0.5, 0.6) is 0 Å². The maximum absolute atomic E-state index is 11.3. The molecule has 1 heterocycles. The zero-order valence-corrected chi connectivity index (χ0v) is 10.9. The molecule has 0 aliphatic heterocycles. The van der Waals surface area contributed by atoms with Crippen molar-refractivity contribution in [2.75, 3.05) is 7.11 Å². The summed E-state index contributed by atoms with van der Waals surface area (Å²) in [5.74, 6) is -0.372. The number of hydrogen-bond donors (Lipinski definition) is 0. The molecule has 0 amide bonds. The summed E-state index contributed by atoms with van der Waals surface area (Å²) >= 11 is 1.34. The van der Waals surface area contributed by atoms with Crippen molar-refractivity contribution in [3.05, 3.63) is 47.8 Å². The van der Waals surface area contributed by atoms with Crippen molar-refractivity contribution in [2.24, 2.45) is 0 Å². The standard InChI is InChI=1S/C13H10N2O3S/c1-18-12(17)10-2-4-11(5-3-10)19-13-14-6-9(8-16)7-15-13/h2-8H,1H3. The van der Waals surface area contributed by atoms with E-state index < -0.39 is 0 Å². The molecule has 5 nitrogen and oxygen atoms in total. The molecule has 0 aliphatic carbocycles. The van der Waals surface area contributed by atoms with Gasteiger partial charge in [0.05, 0.1) is 18.2 Å². The van der Waals surface area contributed by atoms with Crippen molar-refractivity contribution < 1.29 is 14.3 Å². The maximum Gasteiger partial charge on any atom is 0.337 e. The Labute approximate surface area is 114 Å². The van der Waals surface area contributed by atoms with Gasteiger partial charge in [-0.25, -0.2) is 14.8 Å². The highest BCUT2D eigenvalue weighted by Gasteiger charge is 2.06. The molecule has 0 saturated carbocycles. The molecule has 2 aromatic rings. The van der Waals surface area contributed by atoms with E-state index in [9.17, 15) is 9.59 Å². The van der Waals surface area contributed by atoms with Crippen LogP contribution in [0.2, 0.25) is 0 Å². The molecule has 6 heteroatoms. The van der Waals surface area contributed by atoms with Crippen LogP contribution in [0, 0.1) is 0 Å². The third kappa shape index (κ3) is 3.38. The van der Waals surface area contributed by atoms with Crippen LogP contribution in [0.15, 0.2) is 46.7 Å². The van der Waals surface area contributed by atoms with Gasteiger partial charge >= 0.3 is 5.97 Å². The smallest absolute Gasteiger partial charge is 0.337 e. The third-order valence-electron chi connectivity index (χ3n) is 2.27. The highest BCUT2D eigenvalue weighted by Crippen LogP contribution is 2.24. The number of esters is 1. The molecule has 0 saturated heterocycles. The van der Waals surface area contributed by atoms with E-state index in [-0.39, 0.29) is 5.97 Å². The Hall–Kier alpha value is -2.21. The molecule has 0 bridgehead atoms. The molecule has 96 valence electrons. The van der Waals surface area contributed by atoms with Gasteiger partial charge in [-0.05, 0) is 36.0 Å². The van der Waals surface area contributed by atoms with Gasteiger partial charge < -0.3 is 4.74 Å². The first-order valence-corrected chi connectivity index (χ1v) is 6.18. The summed E-state index contributed by atoms with van der Waals surface area (Å²) < 4.78 is 4.62. The van der Waals surface area contributed by atoms with E-state index in [1.807, 2.05) is 0 Å². The third-order valence-corrected chi connectivity index (χ3v) is 3.17. The van der Waals surface area contributed by atoms with E-state index in [0.717, 1.165) is 4.90 Å². The van der Waals surface area contributed by atoms with E-state index in [2.05, 4.69) is 14.7 Å². The number of carbonyl (C=O) groups excluding carboxylic acids is 2. The number of methoxy groups -OCH3 is 1. The Morgan fingerprint density at radius 2 is 1.84 bits per heavy atom. The van der Waals surface area contributed by atoms with Gasteiger partial charge in [0.1, 0.15) is 0 Å². The summed E-state index contributed by atoms with van der Waals surface area (Å²) in [6, 6.07) is 6.92. The Morgan fingerprint density at radius 1 is 1.21 bits per heavy atom. The fourth-order valence-electron chi connectivity index (χ4n) is 1.32. The molecule has 0 N–H and O–H groups in total. The van der Waals surface area contributed by atoms with Crippen LogP contribution in [0.3, 0.4) is 0 Å². The van der Waals surface area contributed by atoms with Crippen LogP contribution in [0.1, 0.15) is 20.7 Å². The van der Waals surface area contributed by atoms with E-state index in [1.54, 1.807) is 24.3 Å². The normalized spacial score (nSPS) is 9.95. The number of carbonyl (C=O) groups is 2. The summed E-state index contributed by atoms with van der Waals surface area (Å²) in [7, 11) is 1.34. The average Bonchev–Trinajstić information content (AvgIpc) is 2.48. The summed E-state index contributed by atoms with van der Waals surface area (Å²) in [5.41, 5.74) is 0.925. The number of rotatable bonds is 4. The minimum atomic E-state index is -0.372. The summed E-state index contributed by atoms with van der Waals surface area (Å²) in [5, 5.41) is 0.538. The lowest BCUT2D eigenvalue weighted by molar-refractivity contribution is 0.0600. The van der Waals surface area contributed by atoms with Gasteiger partial charge in [-0.15, -0.1) is 0 Å². The second kappa shape index (κ2) is 6.10. The Morgan fingerprint density at radius 3 is 2.37 bits per heavy atom. The van der Waals surface area contributed by atoms with Crippen LogP contribution < -0.4 is 0 Å². The number of benzene rings is 1. The predicted octanol–water partition coefficient (Wildman–Crippen LogP) is 2.23. The van der Waals surface area contributed by atoms with Crippen LogP contribution >= 0.6 is 11.8 Å². The summed E-state index contributed by atoms with van der Waals surface area (Å²) in [4.78, 5) is 30.7. The van der Waals surface area contributed by atoms with E-state index in [0.29, 0.717) is 22.6 Å². The molecular formula is C13H10N2O3S. The van der Waals surface area contributed by atoms with Crippen molar-refractivity contribution in [3.8, 4) is 0 Å². The van der Waals surface area contributed by atoms with Gasteiger partial charge in [-0.2, -0.15) is 0 Å². The zero-order valence-electron chi connectivity index (χ0n) is 10.1. The van der Waals surface area contributed by atoms with Gasteiger partial charge in [-0.3, -0.25) is 4.79 Å². The summed E-state index contributed by atoms with van der Waals surface area (Å²) in [6.45, 7) is 0. The lowest BCUT2D eigenvalue weighted by Gasteiger charge is -2.02. The van der Waals surface area contributed by atoms with Crippen molar-refractivity contribution in [1.82, 2.24) is 9.97 Å². The molecule has 0 atom stereocenters. The van der Waals surface area contributed by atoms with Gasteiger partial charge in [-0.1, -0.05) is 0 Å². The predicted molar refractivity (Wildman–Crippen MR) is 69.3 cm³/mol. The van der Waals surface area contributed by atoms with E-state index >= 15 is 0 Å². The summed E-state index contributed by atoms with van der Waals surface area (Å²) in [6.07, 6.45) is 3.62. The quantitative estimate of drug-likeness (QED) is 0.484. The van der Waals surface area contributed by atoms with Crippen LogP contribution in [-0.2, 0) is 4.74 Å². The highest BCUT2D eigenvalue weighted by atomic mass is 32.2. The van der Waals surface area contributed by atoms with Gasteiger partial charge in [0.25, 0.3) is 0 Å². The molecule has 0 unspecified atom stereocenters. The monoisotopic (exact) mass is 274 g/mol. The first-order valence-electron chi connectivity index (χ1n) is 5.36. The number of hydrogen-bond acceptors (Lipinski definition) is 6. The minimum Gasteiger partial charge on any atom is -0.465 e. The second-order valence-electron chi connectivity index (χ2n) is 3.53. The number of aldehydes is 1. The van der Waals surface area contributed by atoms with E-state index in [4.69, 9.17) is 0 Å². The Kier molecular flexibility index (Phi) is 4.25. The number of aromatic nitrogens is 2. The first-order chi connectivity index (χ1) is 9.22.